The first-order valence-electron chi connectivity index (χ1n) is 13.0. The Morgan fingerprint density at radius 1 is 0.649 bits per heavy atom. The molecule has 0 aliphatic carbocycles. The summed E-state index contributed by atoms with van der Waals surface area (Å²) in [5.74, 6) is -4.01. The minimum Gasteiger partial charge on any atom is -0.480 e. The highest BCUT2D eigenvalue weighted by Crippen LogP contribution is 2.36. The predicted octanol–water partition coefficient (Wildman–Crippen LogP) is -0.158. The number of rotatable bonds is 19. The smallest absolute Gasteiger partial charge is 0.320 e. The van der Waals surface area contributed by atoms with Crippen molar-refractivity contribution in [3.8, 4) is 0 Å². The summed E-state index contributed by atoms with van der Waals surface area (Å²) in [4.78, 5) is 46.9. The van der Waals surface area contributed by atoms with Crippen molar-refractivity contribution in [1.29, 1.82) is 0 Å². The lowest BCUT2D eigenvalue weighted by Gasteiger charge is -2.46. The van der Waals surface area contributed by atoms with Gasteiger partial charge in [-0.05, 0) is 82.6 Å². The summed E-state index contributed by atoms with van der Waals surface area (Å²) < 4.78 is 0. The van der Waals surface area contributed by atoms with Gasteiger partial charge in [0.05, 0.1) is 0 Å². The molecule has 0 bridgehead atoms. The Morgan fingerprint density at radius 3 is 1.62 bits per heavy atom. The number of unbranched alkanes of at least 4 members (excludes halogenated alkanes) is 1. The van der Waals surface area contributed by atoms with Crippen molar-refractivity contribution in [2.75, 3.05) is 13.1 Å². The molecule has 13 nitrogen and oxygen atoms in total. The average Bonchev–Trinajstić information content (AvgIpc) is 2.83. The minimum atomic E-state index is -1.07. The van der Waals surface area contributed by atoms with Crippen molar-refractivity contribution >= 4 is 23.9 Å². The molecule has 1 aliphatic rings. The number of hydrogen-bond acceptors (Lipinski definition) is 9. The lowest BCUT2D eigenvalue weighted by Crippen LogP contribution is -2.50. The monoisotopic (exact) mass is 531 g/mol. The fraction of sp³-hybridized carbons (Fsp3) is 0.833. The summed E-state index contributed by atoms with van der Waals surface area (Å²) in [5.41, 5.74) is 22.8. The fourth-order valence-corrected chi connectivity index (χ4v) is 5.15. The van der Waals surface area contributed by atoms with Gasteiger partial charge in [-0.25, -0.2) is 0 Å². The normalized spacial score (nSPS) is 23.6. The van der Waals surface area contributed by atoms with E-state index in [0.717, 1.165) is 6.42 Å². The summed E-state index contributed by atoms with van der Waals surface area (Å²) in [6.07, 6.45) is 5.75. The quantitative estimate of drug-likeness (QED) is 0.101. The third kappa shape index (κ3) is 12.2. The Morgan fingerprint density at radius 2 is 1.11 bits per heavy atom. The molecular weight excluding hydrogens is 486 g/mol. The molecule has 0 amide bonds. The number of carboxylic acid groups (broad SMARTS) is 4. The van der Waals surface area contributed by atoms with Crippen molar-refractivity contribution < 1.29 is 39.6 Å². The van der Waals surface area contributed by atoms with E-state index in [1.165, 1.54) is 0 Å². The molecule has 13 heteroatoms. The van der Waals surface area contributed by atoms with Gasteiger partial charge in [0.15, 0.2) is 0 Å². The number of piperidine rings is 1. The van der Waals surface area contributed by atoms with Crippen LogP contribution in [0.1, 0.15) is 70.6 Å². The molecule has 214 valence electrons. The van der Waals surface area contributed by atoms with E-state index in [4.69, 9.17) is 38.3 Å². The van der Waals surface area contributed by atoms with Gasteiger partial charge in [0.25, 0.3) is 0 Å². The second kappa shape index (κ2) is 16.5. The molecule has 0 aromatic carbocycles. The molecule has 0 spiro atoms. The molecule has 0 aromatic heterocycles. The third-order valence-electron chi connectivity index (χ3n) is 7.37. The van der Waals surface area contributed by atoms with Gasteiger partial charge in [0.2, 0.25) is 0 Å². The zero-order chi connectivity index (χ0) is 28.1. The van der Waals surface area contributed by atoms with E-state index in [2.05, 4.69) is 4.90 Å². The number of aliphatic carboxylic acids is 4. The third-order valence-corrected chi connectivity index (χ3v) is 7.37. The number of carbonyl (C=O) groups is 4. The van der Waals surface area contributed by atoms with Gasteiger partial charge < -0.3 is 43.4 Å². The van der Waals surface area contributed by atoms with Gasteiger partial charge in [0.1, 0.15) is 24.2 Å². The summed E-state index contributed by atoms with van der Waals surface area (Å²) >= 11 is 0. The largest absolute Gasteiger partial charge is 0.480 e. The second-order valence-corrected chi connectivity index (χ2v) is 10.3. The van der Waals surface area contributed by atoms with Gasteiger partial charge in [-0.15, -0.1) is 0 Å². The maximum absolute atomic E-state index is 11.3. The molecule has 1 rings (SSSR count). The molecular formula is C24H45N5O8. The van der Waals surface area contributed by atoms with E-state index in [1.54, 1.807) is 0 Å². The maximum atomic E-state index is 11.3. The zero-order valence-electron chi connectivity index (χ0n) is 21.4. The first-order valence-corrected chi connectivity index (χ1v) is 13.0. The Labute approximate surface area is 217 Å². The van der Waals surface area contributed by atoms with Crippen LogP contribution in [0.5, 0.6) is 0 Å². The molecule has 0 aromatic rings. The number of nitrogens with two attached hydrogens (primary N) is 4. The number of nitrogens with zero attached hydrogens (tertiary/aromatic N) is 1. The van der Waals surface area contributed by atoms with Gasteiger partial charge in [-0.2, -0.15) is 0 Å². The van der Waals surface area contributed by atoms with E-state index < -0.39 is 48.0 Å². The summed E-state index contributed by atoms with van der Waals surface area (Å²) in [6, 6.07) is -3.80. The van der Waals surface area contributed by atoms with Crippen LogP contribution in [-0.4, -0.2) is 92.5 Å². The van der Waals surface area contributed by atoms with Crippen LogP contribution < -0.4 is 22.9 Å². The van der Waals surface area contributed by atoms with Crippen LogP contribution in [0.15, 0.2) is 0 Å². The van der Waals surface area contributed by atoms with Crippen molar-refractivity contribution in [2.24, 2.45) is 34.8 Å². The molecule has 12 N–H and O–H groups in total. The number of likely N-dealkylation sites (tertiary alicyclic amines) is 1. The van der Waals surface area contributed by atoms with Crippen LogP contribution >= 0.6 is 0 Å². The Bertz CT molecular complexity index is 755. The van der Waals surface area contributed by atoms with E-state index in [0.29, 0.717) is 70.9 Å². The van der Waals surface area contributed by atoms with E-state index in [9.17, 15) is 24.3 Å². The van der Waals surface area contributed by atoms with Crippen molar-refractivity contribution in [2.45, 2.75) is 101 Å². The molecule has 1 aliphatic heterocycles. The average molecular weight is 532 g/mol. The van der Waals surface area contributed by atoms with Crippen LogP contribution in [0, 0.1) is 11.8 Å². The minimum absolute atomic E-state index is 0.0412. The molecule has 1 fully saturated rings. The lowest BCUT2D eigenvalue weighted by molar-refractivity contribution is -0.139. The number of carboxylic acids is 4. The van der Waals surface area contributed by atoms with Gasteiger partial charge in [-0.1, -0.05) is 6.42 Å². The van der Waals surface area contributed by atoms with Gasteiger partial charge >= 0.3 is 23.9 Å². The maximum Gasteiger partial charge on any atom is 0.320 e. The summed E-state index contributed by atoms with van der Waals surface area (Å²) in [5, 5.41) is 36.5. The molecule has 0 saturated carbocycles. The fourth-order valence-electron chi connectivity index (χ4n) is 5.15. The van der Waals surface area contributed by atoms with Crippen LogP contribution in [-0.2, 0) is 19.2 Å². The van der Waals surface area contributed by atoms with Crippen molar-refractivity contribution in [3.05, 3.63) is 0 Å². The molecule has 0 radical (unpaired) electrons. The topological polar surface area (TPSA) is 257 Å². The van der Waals surface area contributed by atoms with E-state index in [1.807, 2.05) is 0 Å². The Balaban J connectivity index is 2.98. The van der Waals surface area contributed by atoms with Crippen LogP contribution in [0.3, 0.4) is 0 Å². The SMILES string of the molecule is NC(CCCCN1CC(CCC(N)C(=O)O)CC(CCC(N)C(=O)O)C1CCCC(N)C(=O)O)C(=O)O. The molecule has 1 heterocycles. The first kappa shape index (κ1) is 32.7. The second-order valence-electron chi connectivity index (χ2n) is 10.3. The Kier molecular flexibility index (Phi) is 14.6. The van der Waals surface area contributed by atoms with E-state index >= 15 is 0 Å². The highest BCUT2D eigenvalue weighted by Gasteiger charge is 2.36. The molecule has 1 saturated heterocycles. The molecule has 37 heavy (non-hydrogen) atoms. The highest BCUT2D eigenvalue weighted by atomic mass is 16.4. The van der Waals surface area contributed by atoms with E-state index in [-0.39, 0.29) is 24.3 Å². The number of hydrogen-bond donors (Lipinski definition) is 8. The Hall–Kier alpha value is -2.32. The van der Waals surface area contributed by atoms with Crippen molar-refractivity contribution in [1.82, 2.24) is 4.90 Å². The lowest BCUT2D eigenvalue weighted by atomic mass is 9.76. The standard InChI is InChI=1S/C24H45N5O8/c25-16(21(30)31)4-1-2-11-29-13-14(7-9-18(27)23(34)35)12-15(8-10-19(28)24(36)37)20(29)6-3-5-17(26)22(32)33/h14-20H,1-13,25-28H2,(H,30,31)(H,32,33)(H,34,35)(H,36,37). The predicted molar refractivity (Wildman–Crippen MR) is 136 cm³/mol. The molecule has 7 unspecified atom stereocenters. The van der Waals surface area contributed by atoms with Gasteiger partial charge in [0, 0.05) is 12.6 Å². The molecule has 7 atom stereocenters. The van der Waals surface area contributed by atoms with Crippen molar-refractivity contribution in [3.63, 3.8) is 0 Å². The highest BCUT2D eigenvalue weighted by molar-refractivity contribution is 5.74. The summed E-state index contributed by atoms with van der Waals surface area (Å²) in [6.45, 7) is 1.35. The van der Waals surface area contributed by atoms with Crippen LogP contribution in [0.2, 0.25) is 0 Å². The van der Waals surface area contributed by atoms with Gasteiger partial charge in [-0.3, -0.25) is 24.1 Å². The van der Waals surface area contributed by atoms with Crippen LogP contribution in [0.4, 0.5) is 0 Å². The summed E-state index contributed by atoms with van der Waals surface area (Å²) in [7, 11) is 0. The zero-order valence-corrected chi connectivity index (χ0v) is 21.4. The van der Waals surface area contributed by atoms with Crippen LogP contribution in [0.25, 0.3) is 0 Å². The first-order chi connectivity index (χ1) is 17.3.